The Morgan fingerprint density at radius 3 is 2.61 bits per heavy atom. The van der Waals surface area contributed by atoms with E-state index in [-0.39, 0.29) is 0 Å². The molecule has 1 saturated heterocycles. The van der Waals surface area contributed by atoms with Crippen LogP contribution in [0.25, 0.3) is 10.6 Å². The van der Waals surface area contributed by atoms with E-state index < -0.39 is 30.6 Å². The first kappa shape index (κ1) is 22.9. The smallest absolute Gasteiger partial charge is 0.405 e. The highest BCUT2D eigenvalue weighted by Gasteiger charge is 2.37. The summed E-state index contributed by atoms with van der Waals surface area (Å²) in [6.07, 6.45) is -3.66. The molecule has 0 saturated carbocycles. The van der Waals surface area contributed by atoms with E-state index in [0.29, 0.717) is 46.5 Å². The normalized spacial score (nSPS) is 16.3. The van der Waals surface area contributed by atoms with Crippen molar-refractivity contribution in [1.82, 2.24) is 15.2 Å². The first-order valence-corrected chi connectivity index (χ1v) is 10.3. The average Bonchev–Trinajstić information content (AvgIpc) is 3.37. The number of nitrogens with zero attached hydrogens (tertiary/aromatic N) is 2. The van der Waals surface area contributed by atoms with Crippen LogP contribution in [-0.4, -0.2) is 61.2 Å². The number of likely N-dealkylation sites (tertiary alicyclic amines) is 1. The molecule has 1 aromatic heterocycles. The lowest BCUT2D eigenvalue weighted by Crippen LogP contribution is -2.48. The Morgan fingerprint density at radius 1 is 1.26 bits per heavy atom. The number of benzene rings is 1. The number of hydrogen-bond acceptors (Lipinski definition) is 6. The third-order valence-electron chi connectivity index (χ3n) is 4.90. The second kappa shape index (κ2) is 9.13. The van der Waals surface area contributed by atoms with Gasteiger partial charge in [0.1, 0.15) is 22.5 Å². The number of aromatic nitrogens is 1. The number of hydrogen-bond donors (Lipinski definition) is 1. The monoisotopic (exact) mass is 457 g/mol. The Hall–Kier alpha value is -2.82. The van der Waals surface area contributed by atoms with Crippen LogP contribution in [0.3, 0.4) is 0 Å². The summed E-state index contributed by atoms with van der Waals surface area (Å²) in [6.45, 7) is 0.558. The van der Waals surface area contributed by atoms with Gasteiger partial charge in [-0.2, -0.15) is 13.2 Å². The zero-order chi connectivity index (χ0) is 22.8. The number of thiazole rings is 1. The van der Waals surface area contributed by atoms with Gasteiger partial charge in [0, 0.05) is 12.1 Å². The van der Waals surface area contributed by atoms with E-state index in [1.807, 2.05) is 5.32 Å². The number of aryl methyl sites for hydroxylation is 1. The first-order valence-electron chi connectivity index (χ1n) is 9.50. The summed E-state index contributed by atoms with van der Waals surface area (Å²) in [4.78, 5) is 31.5. The minimum absolute atomic E-state index is 0.298. The molecule has 3 rings (SSSR count). The molecule has 1 atom stereocenters. The van der Waals surface area contributed by atoms with Crippen molar-refractivity contribution in [3.8, 4) is 22.1 Å². The van der Waals surface area contributed by atoms with Crippen LogP contribution in [0.5, 0.6) is 11.5 Å². The zero-order valence-corrected chi connectivity index (χ0v) is 18.0. The molecule has 1 aliphatic rings. The van der Waals surface area contributed by atoms with Crippen LogP contribution >= 0.6 is 11.3 Å². The molecule has 2 aromatic rings. The van der Waals surface area contributed by atoms with Crippen LogP contribution in [0.2, 0.25) is 0 Å². The highest BCUT2D eigenvalue weighted by Crippen LogP contribution is 2.36. The quantitative estimate of drug-likeness (QED) is 0.719. The summed E-state index contributed by atoms with van der Waals surface area (Å²) in [5.74, 6) is -0.140. The summed E-state index contributed by atoms with van der Waals surface area (Å²) in [6, 6.07) is 4.33. The van der Waals surface area contributed by atoms with Gasteiger partial charge >= 0.3 is 6.18 Å². The Morgan fingerprint density at radius 2 is 1.97 bits per heavy atom. The van der Waals surface area contributed by atoms with E-state index in [1.165, 1.54) is 19.1 Å². The lowest BCUT2D eigenvalue weighted by atomic mass is 10.2. The van der Waals surface area contributed by atoms with Crippen LogP contribution in [-0.2, 0) is 4.79 Å². The standard InChI is InChI=1S/C20H22F3N3O4S/c1-11-16(31-18(25-11)12-6-7-14(29-2)15(9-12)30-3)19(28)26-8-4-5-13(26)17(27)24-10-20(21,22)23/h6-7,9,13H,4-5,8,10H2,1-3H3,(H,24,27). The lowest BCUT2D eigenvalue weighted by molar-refractivity contribution is -0.140. The first-order chi connectivity index (χ1) is 14.6. The average molecular weight is 457 g/mol. The molecule has 1 unspecified atom stereocenters. The van der Waals surface area contributed by atoms with Gasteiger partial charge in [0.15, 0.2) is 11.5 Å². The maximum atomic E-state index is 13.1. The molecule has 168 valence electrons. The van der Waals surface area contributed by atoms with Crippen molar-refractivity contribution in [2.24, 2.45) is 0 Å². The van der Waals surface area contributed by atoms with E-state index in [2.05, 4.69) is 4.98 Å². The number of carbonyl (C=O) groups is 2. The van der Waals surface area contributed by atoms with Crippen LogP contribution in [0.1, 0.15) is 28.2 Å². The number of carbonyl (C=O) groups excluding carboxylic acids is 2. The van der Waals surface area contributed by atoms with Crippen molar-refractivity contribution in [1.29, 1.82) is 0 Å². The summed E-state index contributed by atoms with van der Waals surface area (Å²) in [5.41, 5.74) is 1.21. The second-order valence-electron chi connectivity index (χ2n) is 6.99. The predicted molar refractivity (Wildman–Crippen MR) is 109 cm³/mol. The largest absolute Gasteiger partial charge is 0.493 e. The predicted octanol–water partition coefficient (Wildman–Crippen LogP) is 3.42. The minimum atomic E-state index is -4.51. The van der Waals surface area contributed by atoms with Gasteiger partial charge in [-0.1, -0.05) is 0 Å². The fraction of sp³-hybridized carbons (Fsp3) is 0.450. The second-order valence-corrected chi connectivity index (χ2v) is 7.99. The number of rotatable bonds is 6. The van der Waals surface area contributed by atoms with E-state index in [9.17, 15) is 22.8 Å². The molecule has 1 fully saturated rings. The summed E-state index contributed by atoms with van der Waals surface area (Å²) >= 11 is 1.16. The molecule has 0 spiro atoms. The van der Waals surface area contributed by atoms with E-state index in [4.69, 9.17) is 9.47 Å². The summed E-state index contributed by atoms with van der Waals surface area (Å²) in [7, 11) is 3.04. The highest BCUT2D eigenvalue weighted by molar-refractivity contribution is 7.17. The Labute approximate surface area is 181 Å². The number of methoxy groups -OCH3 is 2. The van der Waals surface area contributed by atoms with Crippen molar-refractivity contribution in [3.63, 3.8) is 0 Å². The van der Waals surface area contributed by atoms with Gasteiger partial charge in [0.05, 0.1) is 19.9 Å². The molecule has 31 heavy (non-hydrogen) atoms. The maximum Gasteiger partial charge on any atom is 0.405 e. The van der Waals surface area contributed by atoms with Gasteiger partial charge in [-0.25, -0.2) is 4.98 Å². The summed E-state index contributed by atoms with van der Waals surface area (Å²) < 4.78 is 47.8. The zero-order valence-electron chi connectivity index (χ0n) is 17.2. The van der Waals surface area contributed by atoms with E-state index >= 15 is 0 Å². The molecule has 0 aliphatic carbocycles. The molecular formula is C20H22F3N3O4S. The molecule has 7 nitrogen and oxygen atoms in total. The molecular weight excluding hydrogens is 435 g/mol. The van der Waals surface area contributed by atoms with Gasteiger partial charge in [0.25, 0.3) is 5.91 Å². The van der Waals surface area contributed by atoms with Gasteiger partial charge < -0.3 is 19.7 Å². The van der Waals surface area contributed by atoms with Crippen LogP contribution < -0.4 is 14.8 Å². The molecule has 1 N–H and O–H groups in total. The lowest BCUT2D eigenvalue weighted by Gasteiger charge is -2.23. The molecule has 11 heteroatoms. The fourth-order valence-corrected chi connectivity index (χ4v) is 4.42. The number of alkyl halides is 3. The topological polar surface area (TPSA) is 80.8 Å². The van der Waals surface area contributed by atoms with Crippen LogP contribution in [0.15, 0.2) is 18.2 Å². The van der Waals surface area contributed by atoms with Crippen molar-refractivity contribution in [3.05, 3.63) is 28.8 Å². The van der Waals surface area contributed by atoms with E-state index in [0.717, 1.165) is 16.9 Å². The van der Waals surface area contributed by atoms with Gasteiger partial charge in [-0.3, -0.25) is 9.59 Å². The number of ether oxygens (including phenoxy) is 2. The van der Waals surface area contributed by atoms with Crippen molar-refractivity contribution >= 4 is 23.2 Å². The van der Waals surface area contributed by atoms with Gasteiger partial charge in [0.2, 0.25) is 5.91 Å². The van der Waals surface area contributed by atoms with Crippen LogP contribution in [0, 0.1) is 6.92 Å². The Bertz CT molecular complexity index is 977. The third-order valence-corrected chi connectivity index (χ3v) is 6.10. The van der Waals surface area contributed by atoms with E-state index in [1.54, 1.807) is 25.1 Å². The molecule has 0 radical (unpaired) electrons. The highest BCUT2D eigenvalue weighted by atomic mass is 32.1. The minimum Gasteiger partial charge on any atom is -0.493 e. The molecule has 2 amide bonds. The number of halogens is 3. The number of amides is 2. The molecule has 2 heterocycles. The van der Waals surface area contributed by atoms with Gasteiger partial charge in [-0.05, 0) is 38.0 Å². The van der Waals surface area contributed by atoms with Crippen molar-refractivity contribution in [2.45, 2.75) is 32.0 Å². The van der Waals surface area contributed by atoms with Crippen molar-refractivity contribution < 1.29 is 32.2 Å². The molecule has 0 bridgehead atoms. The fourth-order valence-electron chi connectivity index (χ4n) is 3.41. The Kier molecular flexibility index (Phi) is 6.73. The molecule has 1 aromatic carbocycles. The SMILES string of the molecule is COc1ccc(-c2nc(C)c(C(=O)N3CCCC3C(=O)NCC(F)(F)F)s2)cc1OC. The number of nitrogens with one attached hydrogen (secondary N) is 1. The van der Waals surface area contributed by atoms with Crippen LogP contribution in [0.4, 0.5) is 13.2 Å². The maximum absolute atomic E-state index is 13.1. The van der Waals surface area contributed by atoms with Crippen molar-refractivity contribution in [2.75, 3.05) is 27.3 Å². The van der Waals surface area contributed by atoms with Gasteiger partial charge in [-0.15, -0.1) is 11.3 Å². The third kappa shape index (κ3) is 5.09. The summed E-state index contributed by atoms with van der Waals surface area (Å²) in [5, 5.41) is 2.46. The Balaban J connectivity index is 1.81. The molecule has 1 aliphatic heterocycles.